The van der Waals surface area contributed by atoms with Crippen molar-refractivity contribution in [3.63, 3.8) is 0 Å². The minimum absolute atomic E-state index is 0. The van der Waals surface area contributed by atoms with E-state index in [1.165, 1.54) is 19.3 Å². The molecule has 1 aliphatic carbocycles. The van der Waals surface area contributed by atoms with E-state index >= 15 is 0 Å². The SMILES string of the molecule is O=C(NCC1CCCN(C(=O)NCc2ccc(Cl)cc2Cl)C1)N[C]1CCCCCCC1.[CH2].[CH2]. The first kappa shape index (κ1) is 29.4. The third-order valence-electron chi connectivity index (χ3n) is 6.05. The van der Waals surface area contributed by atoms with Gasteiger partial charge in [0.15, 0.2) is 0 Å². The van der Waals surface area contributed by atoms with Crippen molar-refractivity contribution in [2.45, 2.75) is 64.3 Å². The lowest BCUT2D eigenvalue weighted by atomic mass is 9.97. The summed E-state index contributed by atoms with van der Waals surface area (Å²) in [4.78, 5) is 26.7. The number of hydrogen-bond donors (Lipinski definition) is 3. The number of carbonyl (C=O) groups excluding carboxylic acids is 2. The second-order valence-electron chi connectivity index (χ2n) is 8.56. The molecule has 4 amide bonds. The lowest BCUT2D eigenvalue weighted by molar-refractivity contribution is 0.164. The van der Waals surface area contributed by atoms with E-state index in [0.717, 1.165) is 56.7 Å². The van der Waals surface area contributed by atoms with E-state index < -0.39 is 0 Å². The van der Waals surface area contributed by atoms with Gasteiger partial charge in [-0.3, -0.25) is 0 Å². The minimum atomic E-state index is -0.116. The molecule has 1 atom stereocenters. The van der Waals surface area contributed by atoms with Crippen molar-refractivity contribution in [3.05, 3.63) is 54.7 Å². The van der Waals surface area contributed by atoms with Crippen LogP contribution in [0, 0.1) is 26.8 Å². The Morgan fingerprint density at radius 2 is 1.67 bits per heavy atom. The summed E-state index contributed by atoms with van der Waals surface area (Å²) < 4.78 is 0. The average Bonchev–Trinajstić information content (AvgIpc) is 2.73. The van der Waals surface area contributed by atoms with Crippen LogP contribution in [0.15, 0.2) is 18.2 Å². The summed E-state index contributed by atoms with van der Waals surface area (Å²) in [5.41, 5.74) is 0.832. The van der Waals surface area contributed by atoms with Gasteiger partial charge in [0.1, 0.15) is 0 Å². The number of urea groups is 2. The normalized spacial score (nSPS) is 19.2. The average molecular weight is 497 g/mol. The molecule has 1 saturated carbocycles. The predicted octanol–water partition coefficient (Wildman–Crippen LogP) is 6.15. The number of nitrogens with zero attached hydrogens (tertiary/aromatic N) is 1. The van der Waals surface area contributed by atoms with Crippen LogP contribution < -0.4 is 16.0 Å². The van der Waals surface area contributed by atoms with Crippen LogP contribution in [0.1, 0.15) is 63.4 Å². The third kappa shape index (κ3) is 10.0. The number of likely N-dealkylation sites (tertiary alicyclic amines) is 1. The molecular weight excluding hydrogens is 459 g/mol. The monoisotopic (exact) mass is 495 g/mol. The molecule has 6 nitrogen and oxygen atoms in total. The maximum absolute atomic E-state index is 12.6. The summed E-state index contributed by atoms with van der Waals surface area (Å²) in [7, 11) is 0. The smallest absolute Gasteiger partial charge is 0.317 e. The van der Waals surface area contributed by atoms with Gasteiger partial charge in [-0.05, 0) is 49.3 Å². The lowest BCUT2D eigenvalue weighted by Crippen LogP contribution is -2.48. The van der Waals surface area contributed by atoms with Gasteiger partial charge in [-0.1, -0.05) is 76.2 Å². The summed E-state index contributed by atoms with van der Waals surface area (Å²) in [6, 6.07) is 6.19. The minimum Gasteiger partial charge on any atom is -0.338 e. The largest absolute Gasteiger partial charge is 0.338 e. The molecule has 0 aromatic heterocycles. The molecule has 3 N–H and O–H groups in total. The summed E-state index contributed by atoms with van der Waals surface area (Å²) in [5.74, 6) is 0.256. The van der Waals surface area contributed by atoms with Crippen LogP contribution in [0.4, 0.5) is 9.59 Å². The number of hydrogen-bond acceptors (Lipinski definition) is 2. The van der Waals surface area contributed by atoms with Crippen LogP contribution >= 0.6 is 23.2 Å². The molecule has 3 rings (SSSR count). The van der Waals surface area contributed by atoms with Crippen molar-refractivity contribution in [1.82, 2.24) is 20.9 Å². The third-order valence-corrected chi connectivity index (χ3v) is 6.64. The Morgan fingerprint density at radius 3 is 2.36 bits per heavy atom. The van der Waals surface area contributed by atoms with Crippen molar-refractivity contribution in [3.8, 4) is 0 Å². The number of nitrogens with one attached hydrogen (secondary N) is 3. The van der Waals surface area contributed by atoms with Gasteiger partial charge in [0, 0.05) is 36.2 Å². The van der Waals surface area contributed by atoms with Crippen molar-refractivity contribution in [2.24, 2.45) is 5.92 Å². The topological polar surface area (TPSA) is 73.5 Å². The molecule has 33 heavy (non-hydrogen) atoms. The molecule has 0 bridgehead atoms. The van der Waals surface area contributed by atoms with Crippen molar-refractivity contribution < 1.29 is 9.59 Å². The van der Waals surface area contributed by atoms with Crippen LogP contribution in [0.3, 0.4) is 0 Å². The van der Waals surface area contributed by atoms with E-state index in [2.05, 4.69) is 16.0 Å². The fraction of sp³-hybridized carbons (Fsp3) is 0.560. The predicted molar refractivity (Wildman–Crippen MR) is 136 cm³/mol. The highest BCUT2D eigenvalue weighted by atomic mass is 35.5. The van der Waals surface area contributed by atoms with E-state index in [-0.39, 0.29) is 32.8 Å². The number of rotatable bonds is 5. The number of amides is 4. The van der Waals surface area contributed by atoms with Gasteiger partial charge >= 0.3 is 12.1 Å². The second-order valence-corrected chi connectivity index (χ2v) is 9.40. The molecule has 5 radical (unpaired) electrons. The maximum Gasteiger partial charge on any atom is 0.317 e. The molecule has 0 spiro atoms. The molecular formula is C25H37Cl2N4O2. The number of benzene rings is 1. The van der Waals surface area contributed by atoms with E-state index in [9.17, 15) is 9.59 Å². The summed E-state index contributed by atoms with van der Waals surface area (Å²) >= 11 is 12.1. The van der Waals surface area contributed by atoms with Gasteiger partial charge in [-0.15, -0.1) is 0 Å². The fourth-order valence-electron chi connectivity index (χ4n) is 4.26. The quantitative estimate of drug-likeness (QED) is 0.458. The Balaban J connectivity index is 0.00000272. The van der Waals surface area contributed by atoms with E-state index in [1.54, 1.807) is 12.1 Å². The van der Waals surface area contributed by atoms with Gasteiger partial charge in [0.05, 0.1) is 6.04 Å². The Kier molecular flexibility index (Phi) is 13.6. The highest BCUT2D eigenvalue weighted by Gasteiger charge is 2.24. The zero-order valence-corrected chi connectivity index (χ0v) is 20.9. The van der Waals surface area contributed by atoms with Crippen LogP contribution in [-0.4, -0.2) is 36.6 Å². The molecule has 1 aromatic rings. The van der Waals surface area contributed by atoms with Crippen LogP contribution in [-0.2, 0) is 6.54 Å². The molecule has 1 heterocycles. The Hall–Kier alpha value is -1.66. The molecule has 1 saturated heterocycles. The first-order chi connectivity index (χ1) is 15.0. The first-order valence-electron chi connectivity index (χ1n) is 11.4. The van der Waals surface area contributed by atoms with Crippen LogP contribution in [0.5, 0.6) is 0 Å². The molecule has 183 valence electrons. The highest BCUT2D eigenvalue weighted by Crippen LogP contribution is 2.22. The zero-order chi connectivity index (χ0) is 22.1. The summed E-state index contributed by atoms with van der Waals surface area (Å²) in [6.45, 7) is 2.29. The molecule has 2 fully saturated rings. The van der Waals surface area contributed by atoms with Gasteiger partial charge in [0.25, 0.3) is 0 Å². The lowest BCUT2D eigenvalue weighted by Gasteiger charge is -2.33. The molecule has 1 aromatic carbocycles. The summed E-state index contributed by atoms with van der Waals surface area (Å²) in [6.07, 6.45) is 10.0. The Bertz CT molecular complexity index is 739. The molecule has 2 aliphatic rings. The highest BCUT2D eigenvalue weighted by molar-refractivity contribution is 6.35. The Morgan fingerprint density at radius 1 is 0.970 bits per heavy atom. The second kappa shape index (κ2) is 15.3. The molecule has 8 heteroatoms. The number of piperidine rings is 1. The molecule has 1 unspecified atom stereocenters. The van der Waals surface area contributed by atoms with E-state index in [1.807, 2.05) is 11.0 Å². The van der Waals surface area contributed by atoms with Crippen molar-refractivity contribution >= 4 is 35.3 Å². The van der Waals surface area contributed by atoms with Gasteiger partial charge in [-0.2, -0.15) is 0 Å². The fourth-order valence-corrected chi connectivity index (χ4v) is 4.74. The van der Waals surface area contributed by atoms with Crippen molar-refractivity contribution in [1.29, 1.82) is 0 Å². The van der Waals surface area contributed by atoms with Gasteiger partial charge in [0.2, 0.25) is 0 Å². The first-order valence-corrected chi connectivity index (χ1v) is 12.1. The zero-order valence-electron chi connectivity index (χ0n) is 19.4. The van der Waals surface area contributed by atoms with E-state index in [0.29, 0.717) is 29.7 Å². The number of carbonyl (C=O) groups is 2. The Labute approximate surface area is 210 Å². The summed E-state index contributed by atoms with van der Waals surface area (Å²) in [5, 5.41) is 10.1. The van der Waals surface area contributed by atoms with Crippen molar-refractivity contribution in [2.75, 3.05) is 19.6 Å². The molecule has 1 aliphatic heterocycles. The van der Waals surface area contributed by atoms with Gasteiger partial charge < -0.3 is 20.9 Å². The van der Waals surface area contributed by atoms with E-state index in [4.69, 9.17) is 23.2 Å². The maximum atomic E-state index is 12.6. The van der Waals surface area contributed by atoms with Gasteiger partial charge in [-0.25, -0.2) is 9.59 Å². The standard InChI is InChI=1S/C23H33Cl2N4O2.2CH2/c24-19-11-10-18(21(25)13-19)15-27-23(31)29-12-6-7-17(16-29)14-26-22(30)28-20-8-4-2-1-3-5-9-20;;/h10-11,13,17H,1-9,12,14-16H2,(H,27,31)(H2,26,28,30);2*1H2. The van der Waals surface area contributed by atoms with Crippen LogP contribution in [0.2, 0.25) is 10.0 Å². The van der Waals surface area contributed by atoms with Crippen LogP contribution in [0.25, 0.3) is 0 Å². The number of halogens is 2.